The monoisotopic (exact) mass is 679 g/mol. The molecule has 7 N–H and O–H groups in total. The molecule has 0 amide bonds. The Morgan fingerprint density at radius 3 is 1.46 bits per heavy atom. The van der Waals surface area contributed by atoms with Crippen LogP contribution in [0, 0.1) is 19.3 Å². The van der Waals surface area contributed by atoms with E-state index in [1.54, 1.807) is 13.8 Å². The van der Waals surface area contributed by atoms with Gasteiger partial charge in [0.15, 0.2) is 0 Å². The zero-order valence-electron chi connectivity index (χ0n) is 22.6. The second-order valence-electron chi connectivity index (χ2n) is 8.64. The molecule has 3 atom stereocenters. The number of aliphatic hydroxyl groups excluding tert-OH is 1. The molecule has 8 nitrogen and oxygen atoms in total. The molecule has 2 aromatic carbocycles. The van der Waals surface area contributed by atoms with E-state index < -0.39 is 30.1 Å². The molecule has 2 rings (SSSR count). The maximum Gasteiger partial charge on any atom is 1.00 e. The largest absolute Gasteiger partial charge is 1.00 e. The van der Waals surface area contributed by atoms with E-state index in [1.165, 1.54) is 0 Å². The van der Waals surface area contributed by atoms with Crippen molar-refractivity contribution in [2.24, 2.45) is 11.8 Å². The average molecular weight is 680 g/mol. The number of aliphatic hydroxyl groups is 1. The van der Waals surface area contributed by atoms with E-state index in [-0.39, 0.29) is 90.0 Å². The van der Waals surface area contributed by atoms with Crippen molar-refractivity contribution < 1.29 is 59.9 Å². The van der Waals surface area contributed by atoms with Gasteiger partial charge in [0.05, 0.1) is 0 Å². The molecule has 11 heteroatoms. The number of Topliss-reactive ketones (excluding diaryl/α,β-unsaturated/α-hetero) is 1. The Bertz CT molecular complexity index is 905. The second-order valence-corrected chi connectivity index (χ2v) is 8.64. The van der Waals surface area contributed by atoms with Crippen LogP contribution in [0.4, 0.5) is 0 Å². The van der Waals surface area contributed by atoms with E-state index in [1.807, 2.05) is 74.5 Å². The van der Waals surface area contributed by atoms with Crippen molar-refractivity contribution in [3.05, 3.63) is 79.2 Å². The van der Waals surface area contributed by atoms with Crippen molar-refractivity contribution >= 4 is 42.5 Å². The summed E-state index contributed by atoms with van der Waals surface area (Å²) in [6.07, 6.45) is -0.765. The minimum absolute atomic E-state index is 0. The van der Waals surface area contributed by atoms with Gasteiger partial charge in [-0.25, -0.2) is 9.59 Å². The normalized spacial score (nSPS) is 11.6. The molecular formula is C28H47Cl2N2O6Ru+2. The molecule has 225 valence electrons. The van der Waals surface area contributed by atoms with Crippen LogP contribution in [0.5, 0.6) is 0 Å². The number of carbonyl (C=O) groups excluding carboxylic acids is 3. The zero-order chi connectivity index (χ0) is 25.7. The first-order valence-corrected chi connectivity index (χ1v) is 11.3. The van der Waals surface area contributed by atoms with Gasteiger partial charge in [0.1, 0.15) is 19.3 Å². The van der Waals surface area contributed by atoms with Crippen LogP contribution in [0.25, 0.3) is 0 Å². The first kappa shape index (κ1) is 47.0. The summed E-state index contributed by atoms with van der Waals surface area (Å²) in [5.74, 6) is -1.44. The van der Waals surface area contributed by atoms with Gasteiger partial charge in [0.2, 0.25) is 17.9 Å². The van der Waals surface area contributed by atoms with Crippen molar-refractivity contribution in [2.45, 2.75) is 66.5 Å². The van der Waals surface area contributed by atoms with E-state index in [4.69, 9.17) is 9.47 Å². The first-order chi connectivity index (χ1) is 16.0. The summed E-state index contributed by atoms with van der Waals surface area (Å²) in [4.78, 5) is 34.7. The SMILES string of the molecule is C.CC(C)C(=O)C([NH3+])C(=O)OCc1ccccc1.CC(C)[C@H](O)[C@H]([NH3+])C(=O)OCc1ccccc1.Cl.Cl.[CH3-].[Ru+]. The Labute approximate surface area is 259 Å². The minimum atomic E-state index is -0.932. The average Bonchev–Trinajstić information content (AvgIpc) is 2.85. The van der Waals surface area contributed by atoms with Crippen molar-refractivity contribution in [3.8, 4) is 0 Å². The molecule has 0 bridgehead atoms. The number of halogens is 2. The Balaban J connectivity index is -0.000000175. The first-order valence-electron chi connectivity index (χ1n) is 11.3. The number of carbonyl (C=O) groups is 3. The van der Waals surface area contributed by atoms with Gasteiger partial charge in [0.25, 0.3) is 0 Å². The molecule has 0 aliphatic rings. The van der Waals surface area contributed by atoms with Crippen LogP contribution in [0.3, 0.4) is 0 Å². The predicted molar refractivity (Wildman–Crippen MR) is 154 cm³/mol. The van der Waals surface area contributed by atoms with Crippen LogP contribution in [0.15, 0.2) is 60.7 Å². The van der Waals surface area contributed by atoms with Crippen LogP contribution in [0.2, 0.25) is 0 Å². The number of ether oxygens (including phenoxy) is 2. The summed E-state index contributed by atoms with van der Waals surface area (Å²) < 4.78 is 10.1. The third kappa shape index (κ3) is 18.2. The molecule has 0 saturated heterocycles. The fourth-order valence-electron chi connectivity index (χ4n) is 2.79. The summed E-state index contributed by atoms with van der Waals surface area (Å²) in [6.45, 7) is 7.56. The molecule has 2 aromatic rings. The van der Waals surface area contributed by atoms with E-state index in [2.05, 4.69) is 11.5 Å². The van der Waals surface area contributed by atoms with Crippen LogP contribution in [0.1, 0.15) is 46.2 Å². The number of esters is 2. The molecule has 0 spiro atoms. The van der Waals surface area contributed by atoms with Gasteiger partial charge in [-0.3, -0.25) is 4.79 Å². The van der Waals surface area contributed by atoms with E-state index in [9.17, 15) is 19.5 Å². The van der Waals surface area contributed by atoms with E-state index in [0.717, 1.165) is 11.1 Å². The standard InChI is InChI=1S/C13H19NO3.C13H17NO3.CH4.CH3.2ClH.Ru/c2*1-9(2)12(15)11(14)13(16)17-8-10-6-4-3-5-7-10;;;;;/h3-7,9,11-12,15H,8,14H2,1-2H3;3-7,9,11H,8,14H2,1-2H3;1H4;1H3;2*1H;/q;;;-1;;;+1/p+2/t11-,12-;;;;;;/m0....../s1. The fraction of sp³-hybridized carbons (Fsp3) is 0.429. The van der Waals surface area contributed by atoms with Crippen molar-refractivity contribution in [3.63, 3.8) is 0 Å². The Kier molecular flexibility index (Phi) is 30.2. The molecule has 0 aromatic heterocycles. The second kappa shape index (κ2) is 25.1. The van der Waals surface area contributed by atoms with Crippen LogP contribution in [-0.2, 0) is 56.5 Å². The summed E-state index contributed by atoms with van der Waals surface area (Å²) in [6, 6.07) is 17.1. The van der Waals surface area contributed by atoms with Crippen molar-refractivity contribution in [1.82, 2.24) is 0 Å². The number of hydrogen-bond acceptors (Lipinski definition) is 6. The summed E-state index contributed by atoms with van der Waals surface area (Å²) in [5, 5.41) is 9.70. The van der Waals surface area contributed by atoms with Crippen LogP contribution >= 0.6 is 24.8 Å². The summed E-state index contributed by atoms with van der Waals surface area (Å²) >= 11 is 0. The van der Waals surface area contributed by atoms with Gasteiger partial charge < -0.3 is 33.5 Å². The van der Waals surface area contributed by atoms with E-state index in [0.29, 0.717) is 0 Å². The topological polar surface area (TPSA) is 145 Å². The Morgan fingerprint density at radius 2 is 1.13 bits per heavy atom. The number of hydrogen-bond donors (Lipinski definition) is 3. The van der Waals surface area contributed by atoms with Gasteiger partial charge in [-0.15, -0.1) is 24.8 Å². The van der Waals surface area contributed by atoms with Gasteiger partial charge in [-0.1, -0.05) is 95.8 Å². The third-order valence-corrected chi connectivity index (χ3v) is 5.04. The molecule has 1 radical (unpaired) electrons. The molecule has 39 heavy (non-hydrogen) atoms. The zero-order valence-corrected chi connectivity index (χ0v) is 26.0. The maximum atomic E-state index is 11.6. The van der Waals surface area contributed by atoms with E-state index >= 15 is 0 Å². The van der Waals surface area contributed by atoms with Gasteiger partial charge >= 0.3 is 31.4 Å². The maximum absolute atomic E-state index is 11.6. The number of rotatable bonds is 10. The molecule has 0 aliphatic carbocycles. The van der Waals surface area contributed by atoms with Crippen LogP contribution in [-0.4, -0.2) is 41.0 Å². The fourth-order valence-corrected chi connectivity index (χ4v) is 2.79. The quantitative estimate of drug-likeness (QED) is 0.153. The molecule has 0 fully saturated rings. The minimum Gasteiger partial charge on any atom is -0.456 e. The summed E-state index contributed by atoms with van der Waals surface area (Å²) in [7, 11) is 0. The number of quaternary nitrogens is 2. The molecule has 0 saturated carbocycles. The molecule has 1 unspecified atom stereocenters. The van der Waals surface area contributed by atoms with Crippen molar-refractivity contribution in [1.29, 1.82) is 0 Å². The smallest absolute Gasteiger partial charge is 0.456 e. The van der Waals surface area contributed by atoms with Gasteiger partial charge in [-0.2, -0.15) is 0 Å². The van der Waals surface area contributed by atoms with Gasteiger partial charge in [-0.05, 0) is 17.0 Å². The predicted octanol–water partition coefficient (Wildman–Crippen LogP) is 2.85. The third-order valence-electron chi connectivity index (χ3n) is 5.04. The summed E-state index contributed by atoms with van der Waals surface area (Å²) in [5.41, 5.74) is 9.01. The van der Waals surface area contributed by atoms with Gasteiger partial charge in [0, 0.05) is 5.92 Å². The Morgan fingerprint density at radius 1 is 0.769 bits per heavy atom. The number of benzene rings is 2. The Hall–Kier alpha value is -1.87. The van der Waals surface area contributed by atoms with Crippen LogP contribution < -0.4 is 11.5 Å². The molecule has 0 aliphatic heterocycles. The number of ketones is 1. The molecular weight excluding hydrogens is 632 g/mol. The van der Waals surface area contributed by atoms with Crippen molar-refractivity contribution in [2.75, 3.05) is 0 Å². The molecule has 0 heterocycles.